The lowest BCUT2D eigenvalue weighted by atomic mass is 10.4. The van der Waals surface area contributed by atoms with Crippen LogP contribution in [0.3, 0.4) is 0 Å². The van der Waals surface area contributed by atoms with Crippen LogP contribution in [0, 0.1) is 5.82 Å². The molecule has 0 aromatic carbocycles. The zero-order valence-corrected chi connectivity index (χ0v) is 9.40. The number of anilines is 2. The molecule has 16 heavy (non-hydrogen) atoms. The number of likely N-dealkylation sites (N-methyl/N-ethyl adjacent to an activating group) is 1. The van der Waals surface area contributed by atoms with Crippen LogP contribution in [-0.2, 0) is 4.74 Å². The maximum atomic E-state index is 13.5. The third kappa shape index (κ3) is 3.01. The van der Waals surface area contributed by atoms with Gasteiger partial charge in [-0.05, 0) is 6.92 Å². The van der Waals surface area contributed by atoms with Crippen LogP contribution in [0.1, 0.15) is 6.92 Å². The first kappa shape index (κ1) is 12.6. The Morgan fingerprint density at radius 1 is 1.62 bits per heavy atom. The molecule has 0 spiro atoms. The second-order valence-corrected chi connectivity index (χ2v) is 3.08. The van der Waals surface area contributed by atoms with E-state index in [-0.39, 0.29) is 11.8 Å². The maximum absolute atomic E-state index is 13.5. The summed E-state index contributed by atoms with van der Waals surface area (Å²) >= 11 is 0. The lowest BCUT2D eigenvalue weighted by molar-refractivity contribution is 0.205. The molecule has 6 nitrogen and oxygen atoms in total. The van der Waals surface area contributed by atoms with E-state index in [1.807, 2.05) is 6.92 Å². The molecule has 0 radical (unpaired) electrons. The first-order valence-electron chi connectivity index (χ1n) is 4.96. The molecule has 0 fully saturated rings. The summed E-state index contributed by atoms with van der Waals surface area (Å²) in [6, 6.07) is 0. The summed E-state index contributed by atoms with van der Waals surface area (Å²) in [4.78, 5) is 9.39. The van der Waals surface area contributed by atoms with Crippen LogP contribution in [-0.4, -0.2) is 36.8 Å². The van der Waals surface area contributed by atoms with Crippen molar-refractivity contribution >= 4 is 11.8 Å². The van der Waals surface area contributed by atoms with Crippen molar-refractivity contribution in [3.05, 3.63) is 12.0 Å². The van der Waals surface area contributed by atoms with E-state index in [0.717, 1.165) is 6.20 Å². The van der Waals surface area contributed by atoms with Gasteiger partial charge in [0.15, 0.2) is 11.6 Å². The Morgan fingerprint density at radius 2 is 2.38 bits per heavy atom. The Kier molecular flexibility index (Phi) is 4.87. The van der Waals surface area contributed by atoms with Gasteiger partial charge in [-0.2, -0.15) is 4.98 Å². The van der Waals surface area contributed by atoms with Crippen LogP contribution in [0.15, 0.2) is 6.20 Å². The standard InChI is InChI=1S/C9H16FN5O/c1-3-15(4-5-16-2)8-7(10)6-12-9(13-8)14-11/h6H,3-5,11H2,1-2H3,(H,12,13,14). The highest BCUT2D eigenvalue weighted by Crippen LogP contribution is 2.16. The van der Waals surface area contributed by atoms with Gasteiger partial charge < -0.3 is 9.64 Å². The van der Waals surface area contributed by atoms with Gasteiger partial charge in [-0.25, -0.2) is 15.2 Å². The maximum Gasteiger partial charge on any atom is 0.239 e. The predicted octanol–water partition coefficient (Wildman–Crippen LogP) is 0.374. The minimum absolute atomic E-state index is 0.187. The summed E-state index contributed by atoms with van der Waals surface area (Å²) in [5, 5.41) is 0. The van der Waals surface area contributed by atoms with E-state index in [9.17, 15) is 4.39 Å². The van der Waals surface area contributed by atoms with Crippen LogP contribution in [0.5, 0.6) is 0 Å². The monoisotopic (exact) mass is 229 g/mol. The number of aromatic nitrogens is 2. The molecule has 1 heterocycles. The van der Waals surface area contributed by atoms with Crippen molar-refractivity contribution in [1.29, 1.82) is 0 Å². The number of nitrogen functional groups attached to an aromatic ring is 1. The number of nitrogens with two attached hydrogens (primary N) is 1. The van der Waals surface area contributed by atoms with Gasteiger partial charge in [0.2, 0.25) is 5.95 Å². The van der Waals surface area contributed by atoms with E-state index in [4.69, 9.17) is 10.6 Å². The lowest BCUT2D eigenvalue weighted by Crippen LogP contribution is -2.29. The number of ether oxygens (including phenoxy) is 1. The SMILES string of the molecule is CCN(CCOC)c1nc(NN)ncc1F. The first-order chi connectivity index (χ1) is 7.72. The summed E-state index contributed by atoms with van der Waals surface area (Å²) in [6.07, 6.45) is 1.09. The molecule has 0 aliphatic carbocycles. The Morgan fingerprint density at radius 3 is 2.94 bits per heavy atom. The molecule has 1 aromatic rings. The van der Waals surface area contributed by atoms with Crippen LogP contribution < -0.4 is 16.2 Å². The first-order valence-corrected chi connectivity index (χ1v) is 4.96. The van der Waals surface area contributed by atoms with Gasteiger partial charge in [-0.15, -0.1) is 0 Å². The minimum Gasteiger partial charge on any atom is -0.383 e. The van der Waals surface area contributed by atoms with E-state index < -0.39 is 5.82 Å². The third-order valence-corrected chi connectivity index (χ3v) is 2.10. The molecule has 0 aliphatic heterocycles. The molecule has 0 atom stereocenters. The fraction of sp³-hybridized carbons (Fsp3) is 0.556. The Bertz CT molecular complexity index is 336. The third-order valence-electron chi connectivity index (χ3n) is 2.10. The summed E-state index contributed by atoms with van der Waals surface area (Å²) < 4.78 is 18.4. The van der Waals surface area contributed by atoms with E-state index in [0.29, 0.717) is 19.7 Å². The molecule has 0 amide bonds. The highest BCUT2D eigenvalue weighted by molar-refractivity contribution is 5.43. The number of halogens is 1. The Labute approximate surface area is 93.6 Å². The number of hydrogen-bond acceptors (Lipinski definition) is 6. The lowest BCUT2D eigenvalue weighted by Gasteiger charge is -2.21. The number of methoxy groups -OCH3 is 1. The molecule has 90 valence electrons. The highest BCUT2D eigenvalue weighted by Gasteiger charge is 2.13. The zero-order valence-electron chi connectivity index (χ0n) is 9.40. The number of nitrogens with one attached hydrogen (secondary N) is 1. The summed E-state index contributed by atoms with van der Waals surface area (Å²) in [5.41, 5.74) is 2.28. The highest BCUT2D eigenvalue weighted by atomic mass is 19.1. The van der Waals surface area contributed by atoms with Crippen LogP contribution >= 0.6 is 0 Å². The molecular formula is C9H16FN5O. The van der Waals surface area contributed by atoms with Crippen molar-refractivity contribution < 1.29 is 9.13 Å². The Balaban J connectivity index is 2.89. The topological polar surface area (TPSA) is 76.3 Å². The zero-order chi connectivity index (χ0) is 12.0. The normalized spacial score (nSPS) is 10.2. The van der Waals surface area contributed by atoms with E-state index >= 15 is 0 Å². The van der Waals surface area contributed by atoms with Gasteiger partial charge in [0, 0.05) is 20.2 Å². The Hall–Kier alpha value is -1.47. The minimum atomic E-state index is -0.475. The van der Waals surface area contributed by atoms with Crippen molar-refractivity contribution in [2.45, 2.75) is 6.92 Å². The van der Waals surface area contributed by atoms with Crippen LogP contribution in [0.25, 0.3) is 0 Å². The molecule has 1 rings (SSSR count). The van der Waals surface area contributed by atoms with Gasteiger partial charge in [0.05, 0.1) is 12.8 Å². The van der Waals surface area contributed by atoms with Crippen molar-refractivity contribution in [3.63, 3.8) is 0 Å². The van der Waals surface area contributed by atoms with E-state index in [1.165, 1.54) is 0 Å². The summed E-state index contributed by atoms with van der Waals surface area (Å²) in [5.74, 6) is 5.11. The fourth-order valence-electron chi connectivity index (χ4n) is 1.26. The number of rotatable bonds is 6. The van der Waals surface area contributed by atoms with Gasteiger partial charge >= 0.3 is 0 Å². The van der Waals surface area contributed by atoms with Crippen molar-refractivity contribution in [2.24, 2.45) is 5.84 Å². The molecule has 0 bridgehead atoms. The average Bonchev–Trinajstić information content (AvgIpc) is 2.32. The molecule has 7 heteroatoms. The van der Waals surface area contributed by atoms with Crippen molar-refractivity contribution in [3.8, 4) is 0 Å². The smallest absolute Gasteiger partial charge is 0.239 e. The second kappa shape index (κ2) is 6.19. The van der Waals surface area contributed by atoms with Gasteiger partial charge in [-0.3, -0.25) is 5.43 Å². The van der Waals surface area contributed by atoms with Crippen molar-refractivity contribution in [1.82, 2.24) is 9.97 Å². The van der Waals surface area contributed by atoms with Crippen LogP contribution in [0.4, 0.5) is 16.2 Å². The van der Waals surface area contributed by atoms with E-state index in [1.54, 1.807) is 12.0 Å². The largest absolute Gasteiger partial charge is 0.383 e. The summed E-state index contributed by atoms with van der Waals surface area (Å²) in [7, 11) is 1.59. The molecular weight excluding hydrogens is 213 g/mol. The van der Waals surface area contributed by atoms with E-state index in [2.05, 4.69) is 15.4 Å². The molecule has 0 aliphatic rings. The van der Waals surface area contributed by atoms with Gasteiger partial charge in [-0.1, -0.05) is 0 Å². The predicted molar refractivity (Wildman–Crippen MR) is 59.6 cm³/mol. The second-order valence-electron chi connectivity index (χ2n) is 3.08. The van der Waals surface area contributed by atoms with Gasteiger partial charge in [0.25, 0.3) is 0 Å². The molecule has 3 N–H and O–H groups in total. The number of hydrogen-bond donors (Lipinski definition) is 2. The van der Waals surface area contributed by atoms with Crippen LogP contribution in [0.2, 0.25) is 0 Å². The van der Waals surface area contributed by atoms with Gasteiger partial charge in [0.1, 0.15) is 0 Å². The molecule has 0 unspecified atom stereocenters. The molecule has 1 aromatic heterocycles. The fourth-order valence-corrected chi connectivity index (χ4v) is 1.26. The van der Waals surface area contributed by atoms with Crippen molar-refractivity contribution in [2.75, 3.05) is 37.1 Å². The number of hydrazine groups is 1. The average molecular weight is 229 g/mol. The molecule has 0 saturated heterocycles. The molecule has 0 saturated carbocycles. The quantitative estimate of drug-likeness (QED) is 0.542. The number of nitrogens with zero attached hydrogens (tertiary/aromatic N) is 3. The summed E-state index contributed by atoms with van der Waals surface area (Å²) in [6.45, 7) is 3.60.